The van der Waals surface area contributed by atoms with Crippen molar-refractivity contribution >= 4 is 11.7 Å². The summed E-state index contributed by atoms with van der Waals surface area (Å²) in [4.78, 5) is 20.4. The lowest BCUT2D eigenvalue weighted by molar-refractivity contribution is -0.385. The lowest BCUT2D eigenvalue weighted by Gasteiger charge is -2.10. The highest BCUT2D eigenvalue weighted by Crippen LogP contribution is 2.30. The summed E-state index contributed by atoms with van der Waals surface area (Å²) >= 11 is 0. The quantitative estimate of drug-likeness (QED) is 0.647. The Morgan fingerprint density at radius 2 is 2.17 bits per heavy atom. The van der Waals surface area contributed by atoms with E-state index in [1.165, 1.54) is 6.92 Å². The van der Waals surface area contributed by atoms with Crippen molar-refractivity contribution in [3.63, 3.8) is 0 Å². The van der Waals surface area contributed by atoms with E-state index in [0.717, 1.165) is 12.1 Å². The third-order valence-electron chi connectivity index (χ3n) is 2.13. The number of carbonyl (C=O) groups is 1. The SMILES string of the molecule is Cc1cc(CC(=O)O)c(OC(F)F)cc1[N+](=O)[O-]. The molecule has 6 nitrogen and oxygen atoms in total. The minimum absolute atomic E-state index is 0.0362. The molecule has 0 aliphatic heterocycles. The Bertz CT molecular complexity index is 489. The van der Waals surface area contributed by atoms with Crippen LogP contribution in [0, 0.1) is 17.0 Å². The number of aliphatic carboxylic acids is 1. The number of nitro groups is 1. The maximum absolute atomic E-state index is 12.1. The number of rotatable bonds is 5. The molecule has 0 spiro atoms. The van der Waals surface area contributed by atoms with Crippen molar-refractivity contribution in [3.05, 3.63) is 33.4 Å². The number of aryl methyl sites for hydroxylation is 1. The number of nitro benzene ring substituents is 1. The zero-order valence-electron chi connectivity index (χ0n) is 9.22. The van der Waals surface area contributed by atoms with Gasteiger partial charge in [-0.1, -0.05) is 0 Å². The molecule has 0 radical (unpaired) electrons. The lowest BCUT2D eigenvalue weighted by atomic mass is 10.1. The molecule has 98 valence electrons. The first-order valence-electron chi connectivity index (χ1n) is 4.75. The van der Waals surface area contributed by atoms with E-state index >= 15 is 0 Å². The minimum atomic E-state index is -3.18. The second-order valence-electron chi connectivity index (χ2n) is 3.45. The van der Waals surface area contributed by atoms with Gasteiger partial charge in [0.15, 0.2) is 0 Å². The summed E-state index contributed by atoms with van der Waals surface area (Å²) in [6.07, 6.45) is -0.555. The number of hydrogen-bond donors (Lipinski definition) is 1. The van der Waals surface area contributed by atoms with E-state index in [-0.39, 0.29) is 11.1 Å². The van der Waals surface area contributed by atoms with E-state index in [1.54, 1.807) is 0 Å². The molecule has 0 atom stereocenters. The van der Waals surface area contributed by atoms with Crippen molar-refractivity contribution in [1.82, 2.24) is 0 Å². The van der Waals surface area contributed by atoms with Crippen LogP contribution in [0.15, 0.2) is 12.1 Å². The van der Waals surface area contributed by atoms with Crippen molar-refractivity contribution in [3.8, 4) is 5.75 Å². The number of benzene rings is 1. The fourth-order valence-electron chi connectivity index (χ4n) is 1.44. The fourth-order valence-corrected chi connectivity index (χ4v) is 1.44. The summed E-state index contributed by atoms with van der Waals surface area (Å²) in [6, 6.07) is 1.96. The highest BCUT2D eigenvalue weighted by atomic mass is 19.3. The molecule has 0 bridgehead atoms. The number of alkyl halides is 2. The van der Waals surface area contributed by atoms with Gasteiger partial charge < -0.3 is 9.84 Å². The summed E-state index contributed by atoms with van der Waals surface area (Å²) in [6.45, 7) is -1.80. The molecule has 0 fully saturated rings. The Hall–Kier alpha value is -2.25. The molecule has 1 N–H and O–H groups in total. The van der Waals surface area contributed by atoms with Gasteiger partial charge in [0.05, 0.1) is 17.4 Å². The van der Waals surface area contributed by atoms with Gasteiger partial charge in [0.2, 0.25) is 0 Å². The molecule has 0 unspecified atom stereocenters. The molecule has 18 heavy (non-hydrogen) atoms. The molecule has 0 aromatic heterocycles. The van der Waals surface area contributed by atoms with Gasteiger partial charge in [-0.2, -0.15) is 8.78 Å². The minimum Gasteiger partial charge on any atom is -0.481 e. The number of carboxylic acids is 1. The topological polar surface area (TPSA) is 89.7 Å². The number of nitrogens with zero attached hydrogens (tertiary/aromatic N) is 1. The predicted octanol–water partition coefficient (Wildman–Crippen LogP) is 2.13. The molecule has 8 heteroatoms. The van der Waals surface area contributed by atoms with Crippen LogP contribution in [-0.4, -0.2) is 22.6 Å². The molecular weight excluding hydrogens is 252 g/mol. The standard InChI is InChI=1S/C10H9F2NO5/c1-5-2-6(3-9(14)15)8(18-10(11)12)4-7(5)13(16)17/h2,4,10H,3H2,1H3,(H,14,15). The first-order valence-corrected chi connectivity index (χ1v) is 4.75. The van der Waals surface area contributed by atoms with Gasteiger partial charge in [-0.15, -0.1) is 0 Å². The van der Waals surface area contributed by atoms with E-state index in [4.69, 9.17) is 5.11 Å². The molecule has 0 aliphatic rings. The molecule has 1 aromatic rings. The van der Waals surface area contributed by atoms with Crippen LogP contribution in [0.3, 0.4) is 0 Å². The van der Waals surface area contributed by atoms with Gasteiger partial charge in [0.1, 0.15) is 5.75 Å². The predicted molar refractivity (Wildman–Crippen MR) is 55.8 cm³/mol. The first kappa shape index (κ1) is 13.8. The Morgan fingerprint density at radius 3 is 2.61 bits per heavy atom. The van der Waals surface area contributed by atoms with Crippen LogP contribution in [0.1, 0.15) is 11.1 Å². The van der Waals surface area contributed by atoms with Crippen LogP contribution in [0.4, 0.5) is 14.5 Å². The second-order valence-corrected chi connectivity index (χ2v) is 3.45. The third-order valence-corrected chi connectivity index (χ3v) is 2.13. The molecule has 0 saturated carbocycles. The largest absolute Gasteiger partial charge is 0.481 e. The molecule has 1 aromatic carbocycles. The Morgan fingerprint density at radius 1 is 1.56 bits per heavy atom. The van der Waals surface area contributed by atoms with Crippen LogP contribution < -0.4 is 4.74 Å². The molecule has 0 heterocycles. The highest BCUT2D eigenvalue weighted by Gasteiger charge is 2.19. The van der Waals surface area contributed by atoms with E-state index in [1.807, 2.05) is 0 Å². The van der Waals surface area contributed by atoms with E-state index < -0.39 is 35.4 Å². The van der Waals surface area contributed by atoms with E-state index in [2.05, 4.69) is 4.74 Å². The van der Waals surface area contributed by atoms with Crippen LogP contribution in [-0.2, 0) is 11.2 Å². The fraction of sp³-hybridized carbons (Fsp3) is 0.300. The number of hydrogen-bond acceptors (Lipinski definition) is 4. The zero-order valence-corrected chi connectivity index (χ0v) is 9.22. The van der Waals surface area contributed by atoms with Crippen LogP contribution in [0.2, 0.25) is 0 Å². The van der Waals surface area contributed by atoms with Gasteiger partial charge in [0.25, 0.3) is 5.69 Å². The summed E-state index contributed by atoms with van der Waals surface area (Å²) in [5.41, 5.74) is -0.261. The van der Waals surface area contributed by atoms with E-state index in [9.17, 15) is 23.7 Å². The smallest absolute Gasteiger partial charge is 0.387 e. The zero-order chi connectivity index (χ0) is 13.9. The monoisotopic (exact) mass is 261 g/mol. The maximum atomic E-state index is 12.1. The van der Waals surface area contributed by atoms with Gasteiger partial charge in [-0.3, -0.25) is 14.9 Å². The van der Waals surface area contributed by atoms with Crippen LogP contribution in [0.5, 0.6) is 5.75 Å². The summed E-state index contributed by atoms with van der Waals surface area (Å²) < 4.78 is 28.4. The van der Waals surface area contributed by atoms with Crippen molar-refractivity contribution in [2.75, 3.05) is 0 Å². The van der Waals surface area contributed by atoms with Gasteiger partial charge in [0, 0.05) is 11.1 Å². The summed E-state index contributed by atoms with van der Waals surface area (Å²) in [5, 5.41) is 19.3. The maximum Gasteiger partial charge on any atom is 0.387 e. The molecule has 1 rings (SSSR count). The molecule has 0 aliphatic carbocycles. The Kier molecular flexibility index (Phi) is 4.13. The Labute approximate surface area is 99.9 Å². The van der Waals surface area contributed by atoms with Crippen molar-refractivity contribution in [1.29, 1.82) is 0 Å². The van der Waals surface area contributed by atoms with Gasteiger partial charge >= 0.3 is 12.6 Å². The Balaban J connectivity index is 3.27. The summed E-state index contributed by atoms with van der Waals surface area (Å²) in [5.74, 6) is -1.74. The number of ether oxygens (including phenoxy) is 1. The van der Waals surface area contributed by atoms with E-state index in [0.29, 0.717) is 0 Å². The van der Waals surface area contributed by atoms with Gasteiger partial charge in [-0.25, -0.2) is 0 Å². The molecular formula is C10H9F2NO5. The van der Waals surface area contributed by atoms with Crippen molar-refractivity contribution < 1.29 is 28.3 Å². The van der Waals surface area contributed by atoms with Crippen molar-refractivity contribution in [2.24, 2.45) is 0 Å². The molecule has 0 amide bonds. The van der Waals surface area contributed by atoms with Crippen LogP contribution >= 0.6 is 0 Å². The highest BCUT2D eigenvalue weighted by molar-refractivity contribution is 5.72. The second kappa shape index (κ2) is 5.39. The van der Waals surface area contributed by atoms with Crippen molar-refractivity contribution in [2.45, 2.75) is 20.0 Å². The first-order chi connectivity index (χ1) is 8.31. The van der Waals surface area contributed by atoms with Crippen LogP contribution in [0.25, 0.3) is 0 Å². The number of halogens is 2. The summed E-state index contributed by atoms with van der Waals surface area (Å²) in [7, 11) is 0. The third kappa shape index (κ3) is 3.37. The average Bonchev–Trinajstić information content (AvgIpc) is 2.19. The normalized spacial score (nSPS) is 10.4. The lowest BCUT2D eigenvalue weighted by Crippen LogP contribution is -2.09. The number of carboxylic acid groups (broad SMARTS) is 1. The molecule has 0 saturated heterocycles. The average molecular weight is 261 g/mol. The van der Waals surface area contributed by atoms with Gasteiger partial charge in [-0.05, 0) is 13.0 Å².